The van der Waals surface area contributed by atoms with Crippen LogP contribution in [0.25, 0.3) is 0 Å². The molecule has 2 aliphatic heterocycles. The predicted octanol–water partition coefficient (Wildman–Crippen LogP) is -3.44. The number of carbonyl (C=O) groups is 6. The molecular weight excluding hydrogens is 913 g/mol. The van der Waals surface area contributed by atoms with Crippen LogP contribution in [0.4, 0.5) is 9.59 Å². The van der Waals surface area contributed by atoms with Crippen molar-refractivity contribution < 1.29 is 39.0 Å². The molecule has 0 radical (unpaired) electrons. The Bertz CT molecular complexity index is 2560. The molecule has 0 aliphatic carbocycles. The molecule has 2 aliphatic rings. The third kappa shape index (κ3) is 13.6. The SMILES string of the molecule is NC(=O)C(Cn1cc(C(=O)N(Cc2ccccc2)C(=O)[O-])c(=O)[nH]c1=O)N1CCN(CCCCCCN2CCN(C(Cn3cc(C(=O)N(Cc4ccccc4)C(=O)[O-])c(=O)[nH]c3=O)C(N)=O)CC2)CC1. The van der Waals surface area contributed by atoms with Crippen molar-refractivity contribution in [2.75, 3.05) is 65.4 Å². The second-order valence-corrected chi connectivity index (χ2v) is 17.2. The van der Waals surface area contributed by atoms with Gasteiger partial charge in [0.1, 0.15) is 35.4 Å². The molecule has 0 saturated carbocycles. The molecule has 2 saturated heterocycles. The maximum absolute atomic E-state index is 13.3. The summed E-state index contributed by atoms with van der Waals surface area (Å²) in [5.41, 5.74) is 7.28. The Hall–Kier alpha value is -7.54. The second kappa shape index (κ2) is 24.1. The van der Waals surface area contributed by atoms with E-state index in [0.29, 0.717) is 73.3 Å². The predicted molar refractivity (Wildman–Crippen MR) is 247 cm³/mol. The number of rotatable bonds is 21. The van der Waals surface area contributed by atoms with Crippen LogP contribution in [0.1, 0.15) is 57.5 Å². The van der Waals surface area contributed by atoms with Crippen LogP contribution >= 0.6 is 0 Å². The highest BCUT2D eigenvalue weighted by atomic mass is 16.4. The fraction of sp³-hybridized carbons (Fsp3) is 0.435. The van der Waals surface area contributed by atoms with Gasteiger partial charge in [-0.25, -0.2) is 9.59 Å². The van der Waals surface area contributed by atoms with Gasteiger partial charge in [0.2, 0.25) is 11.8 Å². The molecule has 2 unspecified atom stereocenters. The molecule has 2 aromatic heterocycles. The normalized spacial score (nSPS) is 15.7. The first-order chi connectivity index (χ1) is 33.5. The topological polar surface area (TPSA) is 330 Å². The van der Waals surface area contributed by atoms with Gasteiger partial charge < -0.3 is 41.1 Å². The molecule has 374 valence electrons. The van der Waals surface area contributed by atoms with Gasteiger partial charge in [0.25, 0.3) is 22.9 Å². The smallest absolute Gasteiger partial charge is 0.328 e. The number of aromatic amines is 2. The first-order valence-electron chi connectivity index (χ1n) is 22.8. The van der Waals surface area contributed by atoms with Gasteiger partial charge in [-0.05, 0) is 37.1 Å². The average Bonchev–Trinajstić information content (AvgIpc) is 3.33. The van der Waals surface area contributed by atoms with Gasteiger partial charge in [-0.15, -0.1) is 0 Å². The lowest BCUT2D eigenvalue weighted by Gasteiger charge is -2.38. The Morgan fingerprint density at radius 3 is 1.19 bits per heavy atom. The van der Waals surface area contributed by atoms with Crippen molar-refractivity contribution in [3.8, 4) is 0 Å². The molecule has 6 amide bonds. The number of nitrogens with two attached hydrogens (primary N) is 2. The number of unbranched alkanes of at least 4 members (excludes halogenated alkanes) is 3. The van der Waals surface area contributed by atoms with Gasteiger partial charge in [0.15, 0.2) is 0 Å². The molecule has 4 aromatic rings. The number of piperazine rings is 2. The fourth-order valence-corrected chi connectivity index (χ4v) is 8.62. The Labute approximate surface area is 400 Å². The molecule has 70 heavy (non-hydrogen) atoms. The number of hydrogen-bond acceptors (Lipinski definition) is 16. The van der Waals surface area contributed by atoms with Crippen LogP contribution < -0.4 is 44.2 Å². The first-order valence-corrected chi connectivity index (χ1v) is 22.8. The number of amides is 6. The van der Waals surface area contributed by atoms with E-state index in [-0.39, 0.29) is 13.1 Å². The minimum Gasteiger partial charge on any atom is -0.530 e. The average molecular weight is 969 g/mol. The number of nitrogens with one attached hydrogen (secondary N) is 2. The molecule has 0 spiro atoms. The van der Waals surface area contributed by atoms with Gasteiger partial charge in [-0.2, -0.15) is 0 Å². The molecule has 2 aromatic carbocycles. The van der Waals surface area contributed by atoms with E-state index in [9.17, 15) is 58.2 Å². The Morgan fingerprint density at radius 1 is 0.529 bits per heavy atom. The van der Waals surface area contributed by atoms with Gasteiger partial charge in [0.05, 0.1) is 26.2 Å². The minimum absolute atomic E-state index is 0.288. The van der Waals surface area contributed by atoms with Crippen molar-refractivity contribution in [1.29, 1.82) is 0 Å². The molecule has 24 nitrogen and oxygen atoms in total. The molecule has 0 bridgehead atoms. The third-order valence-corrected chi connectivity index (χ3v) is 12.6. The summed E-state index contributed by atoms with van der Waals surface area (Å²) in [5, 5.41) is 23.8. The number of carboxylic acid groups (broad SMARTS) is 2. The fourth-order valence-electron chi connectivity index (χ4n) is 8.62. The maximum Gasteiger partial charge on any atom is 0.328 e. The second-order valence-electron chi connectivity index (χ2n) is 17.2. The van der Waals surface area contributed by atoms with Crippen molar-refractivity contribution in [3.63, 3.8) is 0 Å². The van der Waals surface area contributed by atoms with Gasteiger partial charge in [-0.1, -0.05) is 73.5 Å². The number of benzene rings is 2. The summed E-state index contributed by atoms with van der Waals surface area (Å²) in [5.74, 6) is -3.82. The highest BCUT2D eigenvalue weighted by molar-refractivity contribution is 6.02. The lowest BCUT2D eigenvalue weighted by Crippen LogP contribution is -2.56. The van der Waals surface area contributed by atoms with E-state index in [2.05, 4.69) is 9.80 Å². The van der Waals surface area contributed by atoms with E-state index in [1.165, 1.54) is 0 Å². The standard InChI is InChI=1S/C46H58N12O12/c47-37(59)35(29-55-27-33(39(61)49-43(55)65)41(63)57(45(67)68)25-31-11-5-3-6-12-31)53-21-17-51(18-22-53)15-9-1-2-10-16-52-19-23-54(24-20-52)36(38(48)60)30-56-28-34(40(62)50-44(56)66)42(64)58(46(69)70)26-32-13-7-4-8-14-32/h3-8,11-14,27-28,35-36H,1-2,9-10,15-26,29-30H2,(H2,47,59)(H2,48,60)(H,67,68)(H,69,70)(H,49,61,65)(H,50,62,66)/p-2. The summed E-state index contributed by atoms with van der Waals surface area (Å²) < 4.78 is 1.94. The molecular formula is C46H56N12O12-2. The van der Waals surface area contributed by atoms with Crippen LogP contribution in [0.5, 0.6) is 0 Å². The Balaban J connectivity index is 0.922. The van der Waals surface area contributed by atoms with Crippen molar-refractivity contribution in [1.82, 2.24) is 48.5 Å². The number of H-pyrrole nitrogens is 2. The van der Waals surface area contributed by atoms with Crippen LogP contribution in [-0.4, -0.2) is 162 Å². The Morgan fingerprint density at radius 2 is 0.871 bits per heavy atom. The molecule has 2 fully saturated rings. The highest BCUT2D eigenvalue weighted by Gasteiger charge is 2.31. The van der Waals surface area contributed by atoms with E-state index in [0.717, 1.165) is 60.3 Å². The van der Waals surface area contributed by atoms with E-state index >= 15 is 0 Å². The van der Waals surface area contributed by atoms with Crippen LogP contribution in [0.2, 0.25) is 0 Å². The molecule has 24 heteroatoms. The summed E-state index contributed by atoms with van der Waals surface area (Å²) >= 11 is 0. The lowest BCUT2D eigenvalue weighted by molar-refractivity contribution is -0.263. The van der Waals surface area contributed by atoms with E-state index < -0.39 is 94.6 Å². The van der Waals surface area contributed by atoms with Crippen molar-refractivity contribution >= 4 is 35.8 Å². The quantitative estimate of drug-likeness (QED) is 0.0591. The summed E-state index contributed by atoms with van der Waals surface area (Å²) in [7, 11) is 0. The minimum atomic E-state index is -1.84. The zero-order valence-corrected chi connectivity index (χ0v) is 38.4. The van der Waals surface area contributed by atoms with E-state index in [4.69, 9.17) is 11.5 Å². The first kappa shape index (κ1) is 51.8. The van der Waals surface area contributed by atoms with Gasteiger partial charge in [0, 0.05) is 64.8 Å². The van der Waals surface area contributed by atoms with Crippen LogP contribution in [0.15, 0.2) is 92.2 Å². The largest absolute Gasteiger partial charge is 0.530 e. The van der Waals surface area contributed by atoms with Crippen LogP contribution in [0, 0.1) is 0 Å². The molecule has 6 rings (SSSR count). The zero-order valence-electron chi connectivity index (χ0n) is 38.4. The lowest BCUT2D eigenvalue weighted by atomic mass is 10.1. The number of imide groups is 2. The van der Waals surface area contributed by atoms with Crippen molar-refractivity contribution in [2.24, 2.45) is 11.5 Å². The summed E-state index contributed by atoms with van der Waals surface area (Å²) in [6.07, 6.45) is 2.00. The van der Waals surface area contributed by atoms with Crippen molar-refractivity contribution in [3.05, 3.63) is 137 Å². The third-order valence-electron chi connectivity index (χ3n) is 12.6. The van der Waals surface area contributed by atoms with Gasteiger partial charge >= 0.3 is 11.4 Å². The summed E-state index contributed by atoms with van der Waals surface area (Å²) in [4.78, 5) is 140. The summed E-state index contributed by atoms with van der Waals surface area (Å²) in [6.45, 7) is 4.59. The van der Waals surface area contributed by atoms with Crippen molar-refractivity contribution in [2.45, 2.75) is 63.9 Å². The molecule has 4 heterocycles. The maximum atomic E-state index is 13.3. The summed E-state index contributed by atoms with van der Waals surface area (Å²) in [6, 6.07) is 14.5. The highest BCUT2D eigenvalue weighted by Crippen LogP contribution is 2.15. The number of nitrogens with zero attached hydrogens (tertiary/aromatic N) is 8. The number of hydrogen-bond donors (Lipinski definition) is 4. The van der Waals surface area contributed by atoms with Gasteiger partial charge in [-0.3, -0.25) is 67.5 Å². The number of primary amides is 2. The van der Waals surface area contributed by atoms with Crippen LogP contribution in [-0.2, 0) is 35.8 Å². The molecule has 2 atom stereocenters. The Kier molecular flexibility index (Phi) is 17.9. The van der Waals surface area contributed by atoms with E-state index in [1.54, 1.807) is 60.7 Å². The number of carbonyl (C=O) groups excluding carboxylic acids is 6. The monoisotopic (exact) mass is 968 g/mol. The zero-order chi connectivity index (χ0) is 50.5. The van der Waals surface area contributed by atoms with E-state index in [1.807, 2.05) is 19.8 Å². The van der Waals surface area contributed by atoms with Crippen LogP contribution in [0.3, 0.4) is 0 Å². The molecule has 6 N–H and O–H groups in total. The number of aromatic nitrogens is 4.